The van der Waals surface area contributed by atoms with Gasteiger partial charge in [-0.05, 0) is 30.2 Å². The molecule has 3 fully saturated rings. The van der Waals surface area contributed by atoms with E-state index in [-0.39, 0.29) is 31.4 Å². The third kappa shape index (κ3) is 3.23. The van der Waals surface area contributed by atoms with Gasteiger partial charge in [0.25, 0.3) is 0 Å². The number of likely N-dealkylation sites (tertiary alicyclic amines) is 2. The summed E-state index contributed by atoms with van der Waals surface area (Å²) < 4.78 is 0. The van der Waals surface area contributed by atoms with Crippen LogP contribution in [0.25, 0.3) is 0 Å². The van der Waals surface area contributed by atoms with Gasteiger partial charge in [-0.2, -0.15) is 0 Å². The van der Waals surface area contributed by atoms with E-state index in [1.165, 1.54) is 0 Å². The first-order chi connectivity index (χ1) is 12.5. The molecule has 3 heterocycles. The number of amides is 2. The Morgan fingerprint density at radius 3 is 2.77 bits per heavy atom. The van der Waals surface area contributed by atoms with Crippen molar-refractivity contribution in [1.29, 1.82) is 0 Å². The molecule has 0 radical (unpaired) electrons. The lowest BCUT2D eigenvalue weighted by Crippen LogP contribution is -2.43. The number of thiophene rings is 1. The molecule has 2 saturated heterocycles. The predicted octanol–water partition coefficient (Wildman–Crippen LogP) is 0.619. The van der Waals surface area contributed by atoms with E-state index in [0.29, 0.717) is 25.6 Å². The van der Waals surface area contributed by atoms with Gasteiger partial charge in [0.1, 0.15) is 5.41 Å². The molecule has 4 rings (SSSR count). The molecule has 0 spiro atoms. The summed E-state index contributed by atoms with van der Waals surface area (Å²) in [6.07, 6.45) is 2.26. The maximum absolute atomic E-state index is 12.7. The van der Waals surface area contributed by atoms with Gasteiger partial charge in [-0.1, -0.05) is 6.07 Å². The van der Waals surface area contributed by atoms with Crippen LogP contribution in [0.3, 0.4) is 0 Å². The molecule has 3 aliphatic rings. The summed E-state index contributed by atoms with van der Waals surface area (Å²) in [7, 11) is 0. The van der Waals surface area contributed by atoms with Crippen LogP contribution < -0.4 is 5.32 Å². The molecule has 2 aliphatic heterocycles. The first-order valence-corrected chi connectivity index (χ1v) is 9.89. The van der Waals surface area contributed by atoms with E-state index >= 15 is 0 Å². The van der Waals surface area contributed by atoms with Crippen LogP contribution in [0.2, 0.25) is 0 Å². The monoisotopic (exact) mass is 377 g/mol. The zero-order valence-corrected chi connectivity index (χ0v) is 15.3. The zero-order chi connectivity index (χ0) is 18.3. The van der Waals surface area contributed by atoms with Crippen LogP contribution in [0.1, 0.15) is 17.7 Å². The number of carboxylic acid groups (broad SMARTS) is 1. The summed E-state index contributed by atoms with van der Waals surface area (Å²) in [6.45, 7) is 2.17. The number of carbonyl (C=O) groups is 3. The molecule has 1 aliphatic carbocycles. The molecule has 1 aromatic heterocycles. The highest BCUT2D eigenvalue weighted by atomic mass is 32.1. The maximum atomic E-state index is 12.7. The summed E-state index contributed by atoms with van der Waals surface area (Å²) >= 11 is 1.58. The van der Waals surface area contributed by atoms with Crippen molar-refractivity contribution < 1.29 is 19.5 Å². The lowest BCUT2D eigenvalue weighted by Gasteiger charge is -2.25. The van der Waals surface area contributed by atoms with Crippen molar-refractivity contribution in [2.45, 2.75) is 19.4 Å². The highest BCUT2D eigenvalue weighted by Gasteiger charge is 2.62. The molecule has 0 aromatic carbocycles. The molecule has 1 aromatic rings. The van der Waals surface area contributed by atoms with Gasteiger partial charge < -0.3 is 15.3 Å². The van der Waals surface area contributed by atoms with Gasteiger partial charge in [-0.25, -0.2) is 0 Å². The predicted molar refractivity (Wildman–Crippen MR) is 95.5 cm³/mol. The number of carboxylic acids is 1. The fraction of sp³-hybridized carbons (Fsp3) is 0.611. The first-order valence-electron chi connectivity index (χ1n) is 9.01. The summed E-state index contributed by atoms with van der Waals surface area (Å²) in [5.74, 6) is -1.11. The highest BCUT2D eigenvalue weighted by Crippen LogP contribution is 2.45. The first kappa shape index (κ1) is 17.5. The summed E-state index contributed by atoms with van der Waals surface area (Å²) in [5, 5.41) is 14.7. The summed E-state index contributed by atoms with van der Waals surface area (Å²) in [5.41, 5.74) is -1.07. The maximum Gasteiger partial charge on any atom is 0.313 e. The van der Waals surface area contributed by atoms with Crippen molar-refractivity contribution in [2.75, 3.05) is 32.7 Å². The number of fused-ring (bicyclic) bond motifs is 1. The molecule has 2 amide bonds. The second-order valence-corrected chi connectivity index (χ2v) is 8.73. The van der Waals surface area contributed by atoms with Gasteiger partial charge in [0, 0.05) is 31.1 Å². The molecule has 0 unspecified atom stereocenters. The van der Waals surface area contributed by atoms with Crippen LogP contribution in [0.4, 0.5) is 0 Å². The lowest BCUT2D eigenvalue weighted by atomic mass is 9.81. The average Bonchev–Trinajstić information content (AvgIpc) is 3.03. The minimum absolute atomic E-state index is 0.0548. The van der Waals surface area contributed by atoms with E-state index in [2.05, 4.69) is 5.32 Å². The molecule has 8 heteroatoms. The van der Waals surface area contributed by atoms with Crippen LogP contribution in [-0.2, 0) is 20.9 Å². The minimum atomic E-state index is -1.07. The third-order valence-electron chi connectivity index (χ3n) is 5.70. The number of nitrogens with one attached hydrogen (secondary N) is 1. The van der Waals surface area contributed by atoms with Crippen LogP contribution >= 0.6 is 11.3 Å². The van der Waals surface area contributed by atoms with Crippen molar-refractivity contribution in [3.8, 4) is 0 Å². The van der Waals surface area contributed by atoms with Gasteiger partial charge in [-0.15, -0.1) is 11.3 Å². The molecule has 2 N–H and O–H groups in total. The highest BCUT2D eigenvalue weighted by molar-refractivity contribution is 7.09. The van der Waals surface area contributed by atoms with Gasteiger partial charge in [0.05, 0.1) is 19.0 Å². The van der Waals surface area contributed by atoms with E-state index in [1.807, 2.05) is 22.4 Å². The molecule has 1 saturated carbocycles. The fourth-order valence-corrected chi connectivity index (χ4v) is 4.79. The van der Waals surface area contributed by atoms with Crippen LogP contribution in [0.5, 0.6) is 0 Å². The lowest BCUT2D eigenvalue weighted by molar-refractivity contribution is -0.149. The minimum Gasteiger partial charge on any atom is -0.481 e. The Labute approximate surface area is 156 Å². The van der Waals surface area contributed by atoms with E-state index in [9.17, 15) is 19.5 Å². The average molecular weight is 377 g/mol. The number of aliphatic carboxylic acids is 1. The molecule has 2 atom stereocenters. The SMILES string of the molecule is O=C(CN1C[C@@H]2C(=O)N(CC3CC3)C[C@]2(C(=O)O)C1)NCc1cccs1. The Morgan fingerprint density at radius 2 is 2.15 bits per heavy atom. The van der Waals surface area contributed by atoms with Crippen molar-refractivity contribution in [2.24, 2.45) is 17.3 Å². The number of rotatable bonds is 7. The van der Waals surface area contributed by atoms with Gasteiger partial charge in [-0.3, -0.25) is 19.3 Å². The zero-order valence-electron chi connectivity index (χ0n) is 14.5. The summed E-state index contributed by atoms with van der Waals surface area (Å²) in [6, 6.07) is 3.89. The number of hydrogen-bond acceptors (Lipinski definition) is 5. The van der Waals surface area contributed by atoms with E-state index in [4.69, 9.17) is 0 Å². The Hall–Kier alpha value is -1.93. The van der Waals surface area contributed by atoms with Crippen LogP contribution in [-0.4, -0.2) is 65.4 Å². The van der Waals surface area contributed by atoms with Crippen molar-refractivity contribution in [1.82, 2.24) is 15.1 Å². The number of hydrogen-bond donors (Lipinski definition) is 2. The topological polar surface area (TPSA) is 90.0 Å². The largest absolute Gasteiger partial charge is 0.481 e. The molecule has 26 heavy (non-hydrogen) atoms. The molecule has 140 valence electrons. The Balaban J connectivity index is 1.37. The van der Waals surface area contributed by atoms with Crippen LogP contribution in [0.15, 0.2) is 17.5 Å². The molecular weight excluding hydrogens is 354 g/mol. The van der Waals surface area contributed by atoms with Gasteiger partial charge in [0.15, 0.2) is 0 Å². The second kappa shape index (κ2) is 6.66. The van der Waals surface area contributed by atoms with Crippen LogP contribution in [0, 0.1) is 17.3 Å². The quantitative estimate of drug-likeness (QED) is 0.727. The van der Waals surface area contributed by atoms with Crippen molar-refractivity contribution >= 4 is 29.1 Å². The van der Waals surface area contributed by atoms with Crippen molar-refractivity contribution in [3.05, 3.63) is 22.4 Å². The molecule has 7 nitrogen and oxygen atoms in total. The van der Waals surface area contributed by atoms with E-state index < -0.39 is 17.3 Å². The van der Waals surface area contributed by atoms with Crippen molar-refractivity contribution in [3.63, 3.8) is 0 Å². The van der Waals surface area contributed by atoms with Gasteiger partial charge in [0.2, 0.25) is 11.8 Å². The molecular formula is C18H23N3O4S. The van der Waals surface area contributed by atoms with Gasteiger partial charge >= 0.3 is 5.97 Å². The fourth-order valence-electron chi connectivity index (χ4n) is 4.15. The van der Waals surface area contributed by atoms with E-state index in [1.54, 1.807) is 16.2 Å². The Bertz CT molecular complexity index is 718. The standard InChI is InChI=1S/C18H23N3O4S/c22-15(19-6-13-2-1-5-26-13)9-20-8-14-16(23)21(7-12-3-4-12)11-18(14,10-20)17(24)25/h1-2,5,12,14H,3-4,6-11H2,(H,19,22)(H,24,25)/t14-,18-/m1/s1. The number of nitrogens with zero attached hydrogens (tertiary/aromatic N) is 2. The Morgan fingerprint density at radius 1 is 1.35 bits per heavy atom. The van der Waals surface area contributed by atoms with E-state index in [0.717, 1.165) is 17.7 Å². The Kier molecular flexibility index (Phi) is 4.48. The second-order valence-electron chi connectivity index (χ2n) is 7.70. The molecule has 0 bridgehead atoms. The smallest absolute Gasteiger partial charge is 0.313 e. The summed E-state index contributed by atoms with van der Waals surface area (Å²) in [4.78, 5) is 41.5. The third-order valence-corrected chi connectivity index (χ3v) is 6.58. The normalized spacial score (nSPS) is 28.4. The number of carbonyl (C=O) groups excluding carboxylic acids is 2.